The number of para-hydroxylation sites is 1. The molecule has 338 valence electrons. The molecule has 4 amide bonds. The number of amides is 4. The number of hydrogen-bond acceptors (Lipinski definition) is 6. The molecule has 0 bridgehead atoms. The van der Waals surface area contributed by atoms with Gasteiger partial charge in [0.25, 0.3) is 5.91 Å². The molecule has 1 saturated heterocycles. The van der Waals surface area contributed by atoms with Gasteiger partial charge >= 0.3 is 13.9 Å². The standard InChI is InChI=1S/C51H61N4O8P/c1-36(2)47(55-30-18-29-52-50(55)58)49(57)53-44(32-40-23-11-6-12-24-40)43(31-39-21-9-5-10-22-39)51(63-64(59,60)61,34-42-27-15-8-16-28-42)45(33-41-25-13-7-14-26-41)54-46(56)35-62-48-37(3)19-17-20-38(48)4/h5-17,19-28,36,43-45,47H,18,29-35H2,1-4H3,(H,52,58)(H,53,57)(H,54,56)(H2,59,60,61)/t43?,44?,45-,47-,51?/m0/s1. The van der Waals surface area contributed by atoms with E-state index < -0.39 is 55.9 Å². The van der Waals surface area contributed by atoms with Crippen LogP contribution in [0.2, 0.25) is 0 Å². The first-order valence-electron chi connectivity index (χ1n) is 22.0. The number of phosphoric ester groups is 1. The topological polar surface area (TPSA) is 167 Å². The third-order valence-corrected chi connectivity index (χ3v) is 12.5. The van der Waals surface area contributed by atoms with Crippen LogP contribution in [-0.4, -0.2) is 76.0 Å². The lowest BCUT2D eigenvalue weighted by molar-refractivity contribution is -0.132. The fourth-order valence-electron chi connectivity index (χ4n) is 9.08. The van der Waals surface area contributed by atoms with E-state index in [9.17, 15) is 23.9 Å². The molecule has 1 aliphatic heterocycles. The number of aryl methyl sites for hydroxylation is 2. The van der Waals surface area contributed by atoms with Gasteiger partial charge in [-0.15, -0.1) is 0 Å². The number of nitrogens with one attached hydrogen (secondary N) is 3. The van der Waals surface area contributed by atoms with Gasteiger partial charge in [-0.25, -0.2) is 9.36 Å². The summed E-state index contributed by atoms with van der Waals surface area (Å²) in [6, 6.07) is 40.2. The van der Waals surface area contributed by atoms with E-state index in [1.54, 1.807) is 4.90 Å². The molecule has 64 heavy (non-hydrogen) atoms. The molecule has 0 saturated carbocycles. The molecular formula is C51H61N4O8P. The Bertz CT molecular complexity index is 2310. The molecule has 5 aromatic carbocycles. The highest BCUT2D eigenvalue weighted by Crippen LogP contribution is 2.50. The van der Waals surface area contributed by atoms with Crippen LogP contribution in [0.4, 0.5) is 4.79 Å². The lowest BCUT2D eigenvalue weighted by atomic mass is 9.68. The van der Waals surface area contributed by atoms with Crippen LogP contribution in [0.5, 0.6) is 5.75 Å². The summed E-state index contributed by atoms with van der Waals surface area (Å²) in [5, 5.41) is 9.43. The van der Waals surface area contributed by atoms with Gasteiger partial charge in [0.1, 0.15) is 17.4 Å². The van der Waals surface area contributed by atoms with Crippen molar-refractivity contribution in [1.29, 1.82) is 0 Å². The normalized spacial score (nSPS) is 15.9. The van der Waals surface area contributed by atoms with Crippen molar-refractivity contribution in [3.8, 4) is 5.75 Å². The summed E-state index contributed by atoms with van der Waals surface area (Å²) in [7, 11) is -5.44. The number of rotatable bonds is 21. The van der Waals surface area contributed by atoms with E-state index in [0.717, 1.165) is 27.8 Å². The smallest absolute Gasteiger partial charge is 0.470 e. The fourth-order valence-corrected chi connectivity index (χ4v) is 9.85. The van der Waals surface area contributed by atoms with Crippen LogP contribution < -0.4 is 20.7 Å². The molecule has 5 aromatic rings. The van der Waals surface area contributed by atoms with Crippen LogP contribution >= 0.6 is 7.82 Å². The highest BCUT2D eigenvalue weighted by Gasteiger charge is 2.54. The first-order valence-corrected chi connectivity index (χ1v) is 23.5. The summed E-state index contributed by atoms with van der Waals surface area (Å²) in [4.78, 5) is 66.9. The number of carbonyl (C=O) groups excluding carboxylic acids is 3. The Kier molecular flexibility index (Phi) is 16.6. The molecule has 1 heterocycles. The monoisotopic (exact) mass is 888 g/mol. The average molecular weight is 889 g/mol. The van der Waals surface area contributed by atoms with Gasteiger partial charge in [-0.3, -0.25) is 14.1 Å². The van der Waals surface area contributed by atoms with Gasteiger partial charge in [-0.2, -0.15) is 0 Å². The molecule has 1 aliphatic rings. The predicted octanol–water partition coefficient (Wildman–Crippen LogP) is 7.53. The van der Waals surface area contributed by atoms with Crippen molar-refractivity contribution in [3.63, 3.8) is 0 Å². The zero-order chi connectivity index (χ0) is 45.7. The van der Waals surface area contributed by atoms with Gasteiger partial charge in [0.05, 0.1) is 6.04 Å². The number of carbonyl (C=O) groups is 3. The van der Waals surface area contributed by atoms with Crippen LogP contribution in [0.25, 0.3) is 0 Å². The molecule has 3 unspecified atom stereocenters. The second-order valence-electron chi connectivity index (χ2n) is 17.1. The van der Waals surface area contributed by atoms with Gasteiger partial charge < -0.3 is 35.4 Å². The van der Waals surface area contributed by atoms with Crippen LogP contribution in [0.3, 0.4) is 0 Å². The van der Waals surface area contributed by atoms with E-state index in [1.807, 2.05) is 167 Å². The molecule has 0 aromatic heterocycles. The van der Waals surface area contributed by atoms with Crippen molar-refractivity contribution in [1.82, 2.24) is 20.9 Å². The van der Waals surface area contributed by atoms with Gasteiger partial charge in [-0.1, -0.05) is 153 Å². The van der Waals surface area contributed by atoms with Crippen LogP contribution in [0.15, 0.2) is 140 Å². The Labute approximate surface area is 377 Å². The zero-order valence-corrected chi connectivity index (χ0v) is 38.0. The third kappa shape index (κ3) is 12.9. The highest BCUT2D eigenvalue weighted by atomic mass is 31.2. The van der Waals surface area contributed by atoms with E-state index in [2.05, 4.69) is 16.0 Å². The Morgan fingerprint density at radius 1 is 0.734 bits per heavy atom. The van der Waals surface area contributed by atoms with Crippen molar-refractivity contribution in [2.75, 3.05) is 19.7 Å². The second kappa shape index (κ2) is 22.2. The molecule has 1 fully saturated rings. The average Bonchev–Trinajstić information content (AvgIpc) is 3.26. The molecule has 6 rings (SSSR count). The fraction of sp³-hybridized carbons (Fsp3) is 0.353. The van der Waals surface area contributed by atoms with E-state index in [1.165, 1.54) is 0 Å². The molecular weight excluding hydrogens is 828 g/mol. The number of hydrogen-bond donors (Lipinski definition) is 5. The summed E-state index contributed by atoms with van der Waals surface area (Å²) in [6.45, 7) is 8.07. The molecule has 0 spiro atoms. The van der Waals surface area contributed by atoms with Crippen molar-refractivity contribution in [3.05, 3.63) is 173 Å². The SMILES string of the molecule is Cc1cccc(C)c1OCC(=O)N[C@@H](Cc1ccccc1)C(Cc1ccccc1)(OP(=O)(O)O)C(Cc1ccccc1)C(Cc1ccccc1)NC(=O)[C@H](C(C)C)N1CCCNC1=O. The molecule has 0 radical (unpaired) electrons. The number of phosphoric acid groups is 1. The van der Waals surface area contributed by atoms with Crippen LogP contribution in [0.1, 0.15) is 53.6 Å². The van der Waals surface area contributed by atoms with E-state index in [-0.39, 0.29) is 37.6 Å². The van der Waals surface area contributed by atoms with Crippen LogP contribution in [0, 0.1) is 25.7 Å². The minimum atomic E-state index is -5.44. The number of nitrogens with zero attached hydrogens (tertiary/aromatic N) is 1. The minimum absolute atomic E-state index is 0.0860. The Balaban J connectivity index is 1.58. The van der Waals surface area contributed by atoms with E-state index >= 15 is 4.79 Å². The number of urea groups is 1. The maximum absolute atomic E-state index is 15.1. The number of benzene rings is 5. The van der Waals surface area contributed by atoms with E-state index in [0.29, 0.717) is 30.8 Å². The summed E-state index contributed by atoms with van der Waals surface area (Å²) >= 11 is 0. The van der Waals surface area contributed by atoms with Crippen molar-refractivity contribution >= 4 is 25.7 Å². The molecule has 12 nitrogen and oxygen atoms in total. The van der Waals surface area contributed by atoms with Crippen molar-refractivity contribution in [2.45, 2.75) is 83.5 Å². The largest absolute Gasteiger partial charge is 0.483 e. The summed E-state index contributed by atoms with van der Waals surface area (Å²) in [5.41, 5.74) is 2.87. The summed E-state index contributed by atoms with van der Waals surface area (Å²) in [6.07, 6.45) is 1.03. The van der Waals surface area contributed by atoms with Gasteiger partial charge in [0.2, 0.25) is 5.91 Å². The molecule has 0 aliphatic carbocycles. The van der Waals surface area contributed by atoms with Gasteiger partial charge in [0, 0.05) is 31.5 Å². The lowest BCUT2D eigenvalue weighted by Crippen LogP contribution is -2.66. The Hall–Kier alpha value is -5.78. The Morgan fingerprint density at radius 3 is 1.77 bits per heavy atom. The van der Waals surface area contributed by atoms with Crippen molar-refractivity contribution < 1.29 is 38.0 Å². The summed E-state index contributed by atoms with van der Waals surface area (Å²) in [5.74, 6) is -1.64. The first-order chi connectivity index (χ1) is 30.7. The maximum atomic E-state index is 15.1. The molecule has 5 atom stereocenters. The zero-order valence-electron chi connectivity index (χ0n) is 37.1. The lowest BCUT2D eigenvalue weighted by Gasteiger charge is -2.49. The Morgan fingerprint density at radius 2 is 1.25 bits per heavy atom. The third-order valence-electron chi connectivity index (χ3n) is 12.0. The predicted molar refractivity (Wildman–Crippen MR) is 249 cm³/mol. The number of ether oxygens (including phenoxy) is 1. The summed E-state index contributed by atoms with van der Waals surface area (Å²) < 4.78 is 26.5. The van der Waals surface area contributed by atoms with Crippen molar-refractivity contribution in [2.24, 2.45) is 11.8 Å². The molecule has 5 N–H and O–H groups in total. The first kappa shape index (κ1) is 47.7. The quantitative estimate of drug-likeness (QED) is 0.0472. The highest BCUT2D eigenvalue weighted by molar-refractivity contribution is 7.46. The molecule has 13 heteroatoms. The van der Waals surface area contributed by atoms with Crippen LogP contribution in [-0.2, 0) is 44.4 Å². The van der Waals surface area contributed by atoms with E-state index in [4.69, 9.17) is 9.26 Å². The second-order valence-corrected chi connectivity index (χ2v) is 18.3. The van der Waals surface area contributed by atoms with Gasteiger partial charge in [0.15, 0.2) is 6.61 Å². The minimum Gasteiger partial charge on any atom is -0.483 e. The van der Waals surface area contributed by atoms with Gasteiger partial charge in [-0.05, 0) is 78.8 Å². The maximum Gasteiger partial charge on any atom is 0.470 e.